The third-order valence-corrected chi connectivity index (χ3v) is 3.53. The Balaban J connectivity index is 1.81. The van der Waals surface area contributed by atoms with Gasteiger partial charge < -0.3 is 10.4 Å². The molecule has 1 aromatic carbocycles. The van der Waals surface area contributed by atoms with Crippen molar-refractivity contribution in [1.29, 1.82) is 0 Å². The molecule has 1 aromatic rings. The van der Waals surface area contributed by atoms with Crippen LogP contribution in [0.4, 0.5) is 4.39 Å². The molecule has 1 atom stereocenters. The first kappa shape index (κ1) is 14.7. The maximum Gasteiger partial charge on any atom is 0.224 e. The van der Waals surface area contributed by atoms with Crippen molar-refractivity contribution < 1.29 is 14.3 Å². The van der Waals surface area contributed by atoms with Gasteiger partial charge in [-0.3, -0.25) is 4.79 Å². The molecule has 0 aliphatic heterocycles. The number of aliphatic hydroxyl groups is 1. The second kappa shape index (κ2) is 7.20. The van der Waals surface area contributed by atoms with Crippen molar-refractivity contribution in [3.05, 3.63) is 47.3 Å². The summed E-state index contributed by atoms with van der Waals surface area (Å²) in [5.41, 5.74) is 1.37. The van der Waals surface area contributed by atoms with Crippen molar-refractivity contribution in [3.8, 4) is 0 Å². The number of carbonyl (C=O) groups excluding carboxylic acids is 1. The van der Waals surface area contributed by atoms with E-state index in [4.69, 9.17) is 0 Å². The fraction of sp³-hybridized carbons (Fsp3) is 0.438. The van der Waals surface area contributed by atoms with Gasteiger partial charge in [-0.2, -0.15) is 0 Å². The van der Waals surface area contributed by atoms with Crippen LogP contribution in [0.15, 0.2) is 35.9 Å². The summed E-state index contributed by atoms with van der Waals surface area (Å²) in [5, 5.41) is 12.5. The van der Waals surface area contributed by atoms with Crippen LogP contribution in [-0.2, 0) is 4.79 Å². The Morgan fingerprint density at radius 3 is 2.85 bits per heavy atom. The fourth-order valence-electron chi connectivity index (χ4n) is 2.40. The van der Waals surface area contributed by atoms with E-state index < -0.39 is 11.9 Å². The zero-order valence-corrected chi connectivity index (χ0v) is 11.4. The van der Waals surface area contributed by atoms with Gasteiger partial charge in [-0.25, -0.2) is 4.39 Å². The van der Waals surface area contributed by atoms with E-state index in [9.17, 15) is 14.3 Å². The third kappa shape index (κ3) is 4.17. The molecular formula is C16H20FNO2. The summed E-state index contributed by atoms with van der Waals surface area (Å²) in [6.07, 6.45) is 5.83. The third-order valence-electron chi connectivity index (χ3n) is 3.53. The maximum atomic E-state index is 13.5. The highest BCUT2D eigenvalue weighted by molar-refractivity contribution is 5.78. The number of benzene rings is 1. The van der Waals surface area contributed by atoms with E-state index in [1.165, 1.54) is 18.6 Å². The van der Waals surface area contributed by atoms with Crippen LogP contribution in [0.1, 0.15) is 43.8 Å². The molecule has 0 fully saturated rings. The van der Waals surface area contributed by atoms with Crippen LogP contribution in [0.3, 0.4) is 0 Å². The monoisotopic (exact) mass is 277 g/mol. The van der Waals surface area contributed by atoms with Crippen LogP contribution in [0.5, 0.6) is 0 Å². The van der Waals surface area contributed by atoms with Crippen LogP contribution < -0.4 is 5.32 Å². The molecule has 0 saturated carbocycles. The minimum atomic E-state index is -1.01. The molecule has 2 N–H and O–H groups in total. The van der Waals surface area contributed by atoms with Gasteiger partial charge in [-0.05, 0) is 31.7 Å². The summed E-state index contributed by atoms with van der Waals surface area (Å²) in [5.74, 6) is -0.572. The summed E-state index contributed by atoms with van der Waals surface area (Å²) in [6, 6.07) is 6.05. The van der Waals surface area contributed by atoms with E-state index in [1.54, 1.807) is 12.1 Å². The Bertz CT molecular complexity index is 499. The number of nitrogens with one attached hydrogen (secondary N) is 1. The lowest BCUT2D eigenvalue weighted by Gasteiger charge is -2.15. The normalized spacial score (nSPS) is 16.4. The van der Waals surface area contributed by atoms with Crippen molar-refractivity contribution >= 4 is 5.91 Å². The van der Waals surface area contributed by atoms with E-state index >= 15 is 0 Å². The van der Waals surface area contributed by atoms with Crippen molar-refractivity contribution in [2.24, 2.45) is 0 Å². The van der Waals surface area contributed by atoms with Crippen LogP contribution in [-0.4, -0.2) is 17.6 Å². The number of halogens is 1. The fourth-order valence-corrected chi connectivity index (χ4v) is 2.40. The molecular weight excluding hydrogens is 257 g/mol. The first-order chi connectivity index (χ1) is 9.66. The molecule has 20 heavy (non-hydrogen) atoms. The molecule has 0 saturated heterocycles. The summed E-state index contributed by atoms with van der Waals surface area (Å²) in [6.45, 7) is 0.0348. The van der Waals surface area contributed by atoms with Gasteiger partial charge in [-0.15, -0.1) is 0 Å². The van der Waals surface area contributed by atoms with Crippen molar-refractivity contribution in [2.75, 3.05) is 6.54 Å². The molecule has 1 amide bonds. The predicted octanol–water partition coefficient (Wildman–Crippen LogP) is 2.87. The molecule has 0 heterocycles. The van der Waals surface area contributed by atoms with E-state index in [0.717, 1.165) is 24.8 Å². The molecule has 1 aliphatic carbocycles. The first-order valence-electron chi connectivity index (χ1n) is 7.04. The number of rotatable bonds is 5. The number of hydrogen-bond donors (Lipinski definition) is 2. The number of allylic oxidation sites excluding steroid dienone is 1. The Kier molecular flexibility index (Phi) is 5.30. The molecule has 0 spiro atoms. The summed E-state index contributed by atoms with van der Waals surface area (Å²) in [7, 11) is 0. The average molecular weight is 277 g/mol. The second-order valence-corrected chi connectivity index (χ2v) is 5.13. The zero-order valence-electron chi connectivity index (χ0n) is 11.4. The number of amides is 1. The van der Waals surface area contributed by atoms with Crippen LogP contribution in [0.25, 0.3) is 0 Å². The van der Waals surface area contributed by atoms with Crippen molar-refractivity contribution in [1.82, 2.24) is 5.32 Å². The average Bonchev–Trinajstić information content (AvgIpc) is 2.46. The van der Waals surface area contributed by atoms with Crippen LogP contribution >= 0.6 is 0 Å². The minimum Gasteiger partial charge on any atom is -0.386 e. The highest BCUT2D eigenvalue weighted by Crippen LogP contribution is 2.20. The lowest BCUT2D eigenvalue weighted by atomic mass is 9.97. The van der Waals surface area contributed by atoms with Crippen molar-refractivity contribution in [2.45, 2.75) is 38.2 Å². The van der Waals surface area contributed by atoms with Gasteiger partial charge in [0.05, 0.1) is 6.10 Å². The zero-order chi connectivity index (χ0) is 14.4. The lowest BCUT2D eigenvalue weighted by Crippen LogP contribution is -2.29. The molecule has 4 heteroatoms. The number of carbonyl (C=O) groups is 1. The largest absolute Gasteiger partial charge is 0.386 e. The van der Waals surface area contributed by atoms with Crippen LogP contribution in [0.2, 0.25) is 0 Å². The molecule has 3 nitrogen and oxygen atoms in total. The van der Waals surface area contributed by atoms with Gasteiger partial charge in [0.2, 0.25) is 5.91 Å². The Hall–Kier alpha value is -1.68. The van der Waals surface area contributed by atoms with E-state index in [2.05, 4.69) is 11.4 Å². The first-order valence-corrected chi connectivity index (χ1v) is 7.04. The highest BCUT2D eigenvalue weighted by atomic mass is 19.1. The summed E-state index contributed by atoms with van der Waals surface area (Å²) < 4.78 is 13.5. The molecule has 108 valence electrons. The molecule has 0 unspecified atom stereocenters. The van der Waals surface area contributed by atoms with Gasteiger partial charge in [0.1, 0.15) is 5.82 Å². The van der Waals surface area contributed by atoms with Gasteiger partial charge in [0.25, 0.3) is 0 Å². The topological polar surface area (TPSA) is 49.3 Å². The Labute approximate surface area is 118 Å². The molecule has 2 rings (SSSR count). The maximum absolute atomic E-state index is 13.5. The molecule has 1 aliphatic rings. The predicted molar refractivity (Wildman–Crippen MR) is 75.5 cm³/mol. The van der Waals surface area contributed by atoms with Gasteiger partial charge in [-0.1, -0.05) is 29.8 Å². The van der Waals surface area contributed by atoms with Crippen LogP contribution in [0, 0.1) is 5.82 Å². The van der Waals surface area contributed by atoms with Gasteiger partial charge in [0, 0.05) is 18.5 Å². The lowest BCUT2D eigenvalue weighted by molar-refractivity contribution is -0.120. The smallest absolute Gasteiger partial charge is 0.224 e. The number of hydrogen-bond acceptors (Lipinski definition) is 2. The molecule has 0 aromatic heterocycles. The van der Waals surface area contributed by atoms with Crippen molar-refractivity contribution in [3.63, 3.8) is 0 Å². The second-order valence-electron chi connectivity index (χ2n) is 5.13. The number of aliphatic hydroxyl groups excluding tert-OH is 1. The molecule has 0 bridgehead atoms. The standard InChI is InChI=1S/C16H20FNO2/c17-14-9-5-4-8-13(14)15(19)11-18-16(20)10-12-6-2-1-3-7-12/h4-6,8-9,15,19H,1-3,7,10-11H2,(H,18,20)/t15-/m0/s1. The van der Waals surface area contributed by atoms with Gasteiger partial charge >= 0.3 is 0 Å². The van der Waals surface area contributed by atoms with E-state index in [0.29, 0.717) is 6.42 Å². The highest BCUT2D eigenvalue weighted by Gasteiger charge is 2.14. The summed E-state index contributed by atoms with van der Waals surface area (Å²) in [4.78, 5) is 11.8. The van der Waals surface area contributed by atoms with E-state index in [1.807, 2.05) is 0 Å². The minimum absolute atomic E-state index is 0.0348. The molecule has 0 radical (unpaired) electrons. The Morgan fingerprint density at radius 2 is 2.15 bits per heavy atom. The Morgan fingerprint density at radius 1 is 1.35 bits per heavy atom. The quantitative estimate of drug-likeness (QED) is 0.813. The van der Waals surface area contributed by atoms with Gasteiger partial charge in [0.15, 0.2) is 0 Å². The SMILES string of the molecule is O=C(CC1=CCCCC1)NC[C@H](O)c1ccccc1F. The van der Waals surface area contributed by atoms with E-state index in [-0.39, 0.29) is 18.0 Å². The summed E-state index contributed by atoms with van der Waals surface area (Å²) >= 11 is 0.